The summed E-state index contributed by atoms with van der Waals surface area (Å²) in [5.74, 6) is 4.71. The van der Waals surface area contributed by atoms with Crippen LogP contribution in [0.2, 0.25) is 0 Å². The van der Waals surface area contributed by atoms with Gasteiger partial charge in [-0.2, -0.15) is 0 Å². The summed E-state index contributed by atoms with van der Waals surface area (Å²) < 4.78 is 0. The van der Waals surface area contributed by atoms with Gasteiger partial charge in [-0.25, -0.2) is 0 Å². The van der Waals surface area contributed by atoms with Crippen LogP contribution in [0.15, 0.2) is 0 Å². The molecule has 3 nitrogen and oxygen atoms in total. The summed E-state index contributed by atoms with van der Waals surface area (Å²) in [5, 5.41) is 17.3. The zero-order valence-electron chi connectivity index (χ0n) is 9.29. The Hall–Kier alpha value is -0.530. The van der Waals surface area contributed by atoms with E-state index in [4.69, 9.17) is 9.90 Å². The van der Waals surface area contributed by atoms with Crippen LogP contribution in [0.3, 0.4) is 0 Å². The highest BCUT2D eigenvalue weighted by molar-refractivity contribution is 9.09. The molecule has 0 heterocycles. The van der Waals surface area contributed by atoms with Crippen LogP contribution in [0.4, 0.5) is 0 Å². The first-order chi connectivity index (χ1) is 7.04. The Morgan fingerprint density at radius 1 is 1.47 bits per heavy atom. The van der Waals surface area contributed by atoms with Crippen LogP contribution < -0.4 is 0 Å². The molecule has 88 valence electrons. The lowest BCUT2D eigenvalue weighted by Crippen LogP contribution is -2.01. The van der Waals surface area contributed by atoms with Crippen molar-refractivity contribution < 1.29 is 15.0 Å². The lowest BCUT2D eigenvalue weighted by atomic mass is 10.1. The van der Waals surface area contributed by atoms with E-state index in [2.05, 4.69) is 34.7 Å². The summed E-state index contributed by atoms with van der Waals surface area (Å²) >= 11 is 3.17. The predicted molar refractivity (Wildman–Crippen MR) is 65.0 cm³/mol. The number of hydrogen-bond acceptors (Lipinski definition) is 2. The van der Waals surface area contributed by atoms with Gasteiger partial charge in [-0.15, -0.1) is 0 Å². The third-order valence-corrected chi connectivity index (χ3v) is 1.70. The van der Waals surface area contributed by atoms with E-state index in [9.17, 15) is 5.11 Å². The Bertz CT molecular complexity index is 202. The lowest BCUT2D eigenvalue weighted by Gasteiger charge is -2.00. The average molecular weight is 279 g/mol. The molecule has 0 saturated heterocycles. The molecular weight excluding hydrogens is 260 g/mol. The summed E-state index contributed by atoms with van der Waals surface area (Å²) in [4.78, 5) is 9.00. The van der Waals surface area contributed by atoms with Gasteiger partial charge in [-0.05, 0) is 12.8 Å². The molecule has 0 spiro atoms. The molecule has 0 aromatic rings. The Morgan fingerprint density at radius 3 is 2.40 bits per heavy atom. The van der Waals surface area contributed by atoms with E-state index >= 15 is 0 Å². The van der Waals surface area contributed by atoms with E-state index in [1.807, 2.05) is 0 Å². The van der Waals surface area contributed by atoms with Crippen molar-refractivity contribution in [3.63, 3.8) is 0 Å². The lowest BCUT2D eigenvalue weighted by molar-refractivity contribution is -0.134. The molecule has 0 rings (SSSR count). The molecule has 0 aromatic carbocycles. The fraction of sp³-hybridized carbons (Fsp3) is 0.727. The number of aliphatic hydroxyl groups excluding tert-OH is 1. The van der Waals surface area contributed by atoms with E-state index in [1.165, 1.54) is 12.8 Å². The molecule has 0 unspecified atom stereocenters. The number of halogens is 1. The fourth-order valence-corrected chi connectivity index (χ4v) is 0.978. The van der Waals surface area contributed by atoms with Crippen LogP contribution in [0, 0.1) is 11.8 Å². The van der Waals surface area contributed by atoms with E-state index in [1.54, 1.807) is 0 Å². The van der Waals surface area contributed by atoms with Gasteiger partial charge in [0.2, 0.25) is 0 Å². The van der Waals surface area contributed by atoms with Crippen molar-refractivity contribution in [2.45, 2.75) is 45.6 Å². The van der Waals surface area contributed by atoms with Gasteiger partial charge < -0.3 is 10.2 Å². The molecule has 0 amide bonds. The fourth-order valence-electron chi connectivity index (χ4n) is 0.816. The second-order valence-corrected chi connectivity index (χ2v) is 3.55. The van der Waals surface area contributed by atoms with Gasteiger partial charge >= 0.3 is 0 Å². The third-order valence-electron chi connectivity index (χ3n) is 1.42. The third kappa shape index (κ3) is 24.7. The summed E-state index contributed by atoms with van der Waals surface area (Å²) in [6.45, 7) is 3.23. The molecule has 0 aliphatic heterocycles. The van der Waals surface area contributed by atoms with Crippen LogP contribution in [0.25, 0.3) is 0 Å². The molecule has 2 N–H and O–H groups in total. The number of aliphatic hydroxyl groups is 1. The highest BCUT2D eigenvalue weighted by Gasteiger charge is 1.96. The maximum absolute atomic E-state index is 9.21. The zero-order valence-corrected chi connectivity index (χ0v) is 10.9. The SMILES string of the molecule is CC(=O)O.CCCCC[C@@H](O)C#CCBr. The van der Waals surface area contributed by atoms with Crippen molar-refractivity contribution in [3.05, 3.63) is 0 Å². The second-order valence-electron chi connectivity index (χ2n) is 2.99. The highest BCUT2D eigenvalue weighted by Crippen LogP contribution is 2.01. The van der Waals surface area contributed by atoms with Crippen molar-refractivity contribution in [1.29, 1.82) is 0 Å². The van der Waals surface area contributed by atoms with Crippen molar-refractivity contribution in [2.24, 2.45) is 0 Å². The van der Waals surface area contributed by atoms with Gasteiger partial charge in [0, 0.05) is 6.92 Å². The Balaban J connectivity index is 0. The van der Waals surface area contributed by atoms with Gasteiger partial charge in [0.25, 0.3) is 5.97 Å². The van der Waals surface area contributed by atoms with Crippen molar-refractivity contribution in [2.75, 3.05) is 5.33 Å². The smallest absolute Gasteiger partial charge is 0.300 e. The molecule has 4 heteroatoms. The minimum atomic E-state index is -0.833. The average Bonchev–Trinajstić information content (AvgIpc) is 2.14. The number of aliphatic carboxylic acids is 1. The van der Waals surface area contributed by atoms with Gasteiger partial charge in [0.15, 0.2) is 0 Å². The van der Waals surface area contributed by atoms with E-state index < -0.39 is 12.1 Å². The quantitative estimate of drug-likeness (QED) is 0.472. The van der Waals surface area contributed by atoms with E-state index in [0.29, 0.717) is 5.33 Å². The van der Waals surface area contributed by atoms with Crippen molar-refractivity contribution in [1.82, 2.24) is 0 Å². The predicted octanol–water partition coefficient (Wildman–Crippen LogP) is 2.42. The molecule has 0 aromatic heterocycles. The first-order valence-electron chi connectivity index (χ1n) is 4.96. The molecule has 1 atom stereocenters. The minimum absolute atomic E-state index is 0.418. The summed E-state index contributed by atoms with van der Waals surface area (Å²) in [6.07, 6.45) is 3.85. The Kier molecular flexibility index (Phi) is 15.2. The first kappa shape index (κ1) is 16.9. The maximum atomic E-state index is 9.21. The van der Waals surface area contributed by atoms with Crippen LogP contribution in [0.1, 0.15) is 39.5 Å². The zero-order chi connectivity index (χ0) is 12.1. The molecule has 0 saturated carbocycles. The number of carboxylic acid groups (broad SMARTS) is 1. The molecular formula is C11H19BrO3. The van der Waals surface area contributed by atoms with E-state index in [-0.39, 0.29) is 0 Å². The van der Waals surface area contributed by atoms with Crippen LogP contribution in [0.5, 0.6) is 0 Å². The summed E-state index contributed by atoms with van der Waals surface area (Å²) in [7, 11) is 0. The number of carboxylic acids is 1. The normalized spacial score (nSPS) is 10.4. The van der Waals surface area contributed by atoms with Gasteiger partial charge in [0.1, 0.15) is 6.10 Å². The molecule has 15 heavy (non-hydrogen) atoms. The molecule has 0 radical (unpaired) electrons. The molecule has 0 aliphatic rings. The van der Waals surface area contributed by atoms with Gasteiger partial charge in [-0.3, -0.25) is 4.79 Å². The minimum Gasteiger partial charge on any atom is -0.481 e. The Morgan fingerprint density at radius 2 is 2.00 bits per heavy atom. The number of hydrogen-bond donors (Lipinski definition) is 2. The summed E-state index contributed by atoms with van der Waals surface area (Å²) in [5.41, 5.74) is 0. The van der Waals surface area contributed by atoms with Gasteiger partial charge in [-0.1, -0.05) is 47.5 Å². The molecule has 0 aliphatic carbocycles. The van der Waals surface area contributed by atoms with Crippen LogP contribution in [-0.2, 0) is 4.79 Å². The molecule has 0 bridgehead atoms. The number of alkyl halides is 1. The van der Waals surface area contributed by atoms with Crippen molar-refractivity contribution in [3.8, 4) is 11.8 Å². The van der Waals surface area contributed by atoms with E-state index in [0.717, 1.165) is 19.8 Å². The number of rotatable bonds is 4. The van der Waals surface area contributed by atoms with Gasteiger partial charge in [0.05, 0.1) is 5.33 Å². The number of unbranched alkanes of at least 4 members (excludes halogenated alkanes) is 2. The second kappa shape index (κ2) is 13.5. The highest BCUT2D eigenvalue weighted by atomic mass is 79.9. The Labute approximate surface area is 100 Å². The largest absolute Gasteiger partial charge is 0.481 e. The summed E-state index contributed by atoms with van der Waals surface area (Å²) in [6, 6.07) is 0. The monoisotopic (exact) mass is 278 g/mol. The molecule has 0 fully saturated rings. The van der Waals surface area contributed by atoms with Crippen LogP contribution in [-0.4, -0.2) is 27.6 Å². The number of carbonyl (C=O) groups is 1. The maximum Gasteiger partial charge on any atom is 0.300 e. The first-order valence-corrected chi connectivity index (χ1v) is 6.08. The standard InChI is InChI=1S/C9H15BrO.C2H4O2/c1-2-3-4-6-9(11)7-5-8-10;1-2(3)4/h9,11H,2-4,6,8H2,1H3;1H3,(H,3,4)/t9-;/m1./s1. The van der Waals surface area contributed by atoms with Crippen LogP contribution >= 0.6 is 15.9 Å². The van der Waals surface area contributed by atoms with Crippen molar-refractivity contribution >= 4 is 21.9 Å². The topological polar surface area (TPSA) is 57.5 Å².